The Bertz CT molecular complexity index is 1680. The normalized spacial score (nSPS) is 19.2. The molecular formula is C31H34N6O3S2. The third-order valence-corrected chi connectivity index (χ3v) is 8.74. The lowest BCUT2D eigenvalue weighted by Gasteiger charge is -2.29. The van der Waals surface area contributed by atoms with Crippen molar-refractivity contribution < 1.29 is 13.2 Å². The fourth-order valence-electron chi connectivity index (χ4n) is 5.97. The summed E-state index contributed by atoms with van der Waals surface area (Å²) in [5, 5.41) is 4.10. The molecule has 2 fully saturated rings. The molecule has 9 nitrogen and oxygen atoms in total. The molecule has 0 amide bonds. The summed E-state index contributed by atoms with van der Waals surface area (Å²) in [5.74, 6) is 0. The summed E-state index contributed by atoms with van der Waals surface area (Å²) in [6, 6.07) is 23.8. The van der Waals surface area contributed by atoms with Gasteiger partial charge in [0.2, 0.25) is 10.0 Å². The van der Waals surface area contributed by atoms with Crippen LogP contribution in [-0.4, -0.2) is 55.6 Å². The zero-order chi connectivity index (χ0) is 29.4. The molecule has 2 aliphatic heterocycles. The van der Waals surface area contributed by atoms with Gasteiger partial charge in [0.1, 0.15) is 0 Å². The summed E-state index contributed by atoms with van der Waals surface area (Å²) in [7, 11) is -3.38. The third-order valence-electron chi connectivity index (χ3n) is 7.82. The second kappa shape index (κ2) is 11.4. The van der Waals surface area contributed by atoms with E-state index >= 15 is 0 Å². The highest BCUT2D eigenvalue weighted by Crippen LogP contribution is 2.44. The highest BCUT2D eigenvalue weighted by atomic mass is 32.2. The molecule has 0 saturated carbocycles. The number of ether oxygens (including phenoxy) is 1. The standard InChI is InChI=1S/C31H34N6O3S2/c1-21-20-27(22(2)36(21)25-13-11-24(12-14-25)35-16-18-40-19-17-35)30-29(28-6-4-5-15-32-28)33-31(41)37(30)26-9-7-23(8-10-26)34-42(3,38)39/h4-15,20,29-30,34H,16-19H2,1-3H3,(H,33,41)/t29-,30+/m1/s1. The first kappa shape index (κ1) is 28.2. The Labute approximate surface area is 252 Å². The van der Waals surface area contributed by atoms with Crippen LogP contribution in [0.2, 0.25) is 0 Å². The number of nitrogens with one attached hydrogen (secondary N) is 2. The summed E-state index contributed by atoms with van der Waals surface area (Å²) < 4.78 is 33.8. The Hall–Kier alpha value is -3.93. The summed E-state index contributed by atoms with van der Waals surface area (Å²) in [6.45, 7) is 7.57. The summed E-state index contributed by atoms with van der Waals surface area (Å²) in [4.78, 5) is 9.13. The molecule has 2 aliphatic rings. The first-order valence-electron chi connectivity index (χ1n) is 13.9. The number of morpholine rings is 1. The van der Waals surface area contributed by atoms with Crippen molar-refractivity contribution in [1.29, 1.82) is 0 Å². The van der Waals surface area contributed by atoms with E-state index in [9.17, 15) is 8.42 Å². The summed E-state index contributed by atoms with van der Waals surface area (Å²) in [5.41, 5.74) is 7.90. The first-order chi connectivity index (χ1) is 20.2. The van der Waals surface area contributed by atoms with Gasteiger partial charge in [-0.2, -0.15) is 0 Å². The average Bonchev–Trinajstić information content (AvgIpc) is 3.48. The Balaban J connectivity index is 1.39. The number of aromatic nitrogens is 2. The number of aryl methyl sites for hydroxylation is 1. The van der Waals surface area contributed by atoms with E-state index in [2.05, 4.69) is 73.6 Å². The lowest BCUT2D eigenvalue weighted by Crippen LogP contribution is -2.36. The highest BCUT2D eigenvalue weighted by Gasteiger charge is 2.42. The summed E-state index contributed by atoms with van der Waals surface area (Å²) in [6.07, 6.45) is 2.94. The Morgan fingerprint density at radius 3 is 2.26 bits per heavy atom. The van der Waals surface area contributed by atoms with Crippen LogP contribution in [0.25, 0.3) is 5.69 Å². The van der Waals surface area contributed by atoms with Gasteiger partial charge in [-0.05, 0) is 98.4 Å². The number of pyridine rings is 1. The van der Waals surface area contributed by atoms with Crippen molar-refractivity contribution in [3.8, 4) is 5.69 Å². The van der Waals surface area contributed by atoms with Crippen LogP contribution >= 0.6 is 12.2 Å². The van der Waals surface area contributed by atoms with Crippen LogP contribution in [0, 0.1) is 13.8 Å². The minimum Gasteiger partial charge on any atom is -0.378 e. The molecule has 2 aromatic heterocycles. The van der Waals surface area contributed by atoms with Crippen LogP contribution in [0.4, 0.5) is 17.1 Å². The maximum atomic E-state index is 11.7. The SMILES string of the molecule is Cc1cc([C@H]2[C@@H](c3ccccn3)NC(=S)N2c2ccc(NS(C)(=O)=O)cc2)c(C)n1-c1ccc(N2CCOCC2)cc1. The smallest absolute Gasteiger partial charge is 0.229 e. The van der Waals surface area contributed by atoms with Crippen LogP contribution in [0.5, 0.6) is 0 Å². The van der Waals surface area contributed by atoms with Gasteiger partial charge in [0.25, 0.3) is 0 Å². The van der Waals surface area contributed by atoms with Crippen molar-refractivity contribution in [2.45, 2.75) is 25.9 Å². The maximum absolute atomic E-state index is 11.7. The molecule has 218 valence electrons. The number of hydrogen-bond acceptors (Lipinski definition) is 6. The molecule has 0 radical (unpaired) electrons. The second-order valence-electron chi connectivity index (χ2n) is 10.7. The van der Waals surface area contributed by atoms with Crippen LogP contribution in [0.1, 0.15) is 34.7 Å². The van der Waals surface area contributed by atoms with Gasteiger partial charge in [0, 0.05) is 53.4 Å². The monoisotopic (exact) mass is 602 g/mol. The van der Waals surface area contributed by atoms with Gasteiger partial charge in [0.15, 0.2) is 5.11 Å². The van der Waals surface area contributed by atoms with Crippen molar-refractivity contribution in [3.05, 3.63) is 102 Å². The van der Waals surface area contributed by atoms with Crippen molar-refractivity contribution in [3.63, 3.8) is 0 Å². The number of benzene rings is 2. The van der Waals surface area contributed by atoms with E-state index in [4.69, 9.17) is 17.0 Å². The molecule has 0 unspecified atom stereocenters. The van der Waals surface area contributed by atoms with Crippen molar-refractivity contribution in [2.24, 2.45) is 0 Å². The molecule has 2 atom stereocenters. The van der Waals surface area contributed by atoms with Gasteiger partial charge in [-0.25, -0.2) is 8.42 Å². The van der Waals surface area contributed by atoms with E-state index in [1.165, 1.54) is 5.69 Å². The highest BCUT2D eigenvalue weighted by molar-refractivity contribution is 7.92. The fourth-order valence-corrected chi connectivity index (χ4v) is 6.88. The number of sulfonamides is 1. The van der Waals surface area contributed by atoms with E-state index in [0.29, 0.717) is 10.8 Å². The average molecular weight is 603 g/mol. The minimum absolute atomic E-state index is 0.186. The Morgan fingerprint density at radius 1 is 0.952 bits per heavy atom. The van der Waals surface area contributed by atoms with Crippen LogP contribution in [-0.2, 0) is 14.8 Å². The molecule has 4 heterocycles. The number of thiocarbonyl (C=S) groups is 1. The lowest BCUT2D eigenvalue weighted by molar-refractivity contribution is 0.122. The molecule has 11 heteroatoms. The van der Waals surface area contributed by atoms with E-state index in [1.54, 1.807) is 18.3 Å². The Morgan fingerprint density at radius 2 is 1.62 bits per heavy atom. The van der Waals surface area contributed by atoms with Crippen LogP contribution < -0.4 is 19.8 Å². The summed E-state index contributed by atoms with van der Waals surface area (Å²) >= 11 is 5.91. The van der Waals surface area contributed by atoms with E-state index in [-0.39, 0.29) is 12.1 Å². The van der Waals surface area contributed by atoms with E-state index < -0.39 is 10.0 Å². The molecule has 0 bridgehead atoms. The predicted octanol–water partition coefficient (Wildman–Crippen LogP) is 4.87. The number of anilines is 3. The van der Waals surface area contributed by atoms with Gasteiger partial charge in [-0.3, -0.25) is 9.71 Å². The number of rotatable bonds is 7. The van der Waals surface area contributed by atoms with E-state index in [0.717, 1.165) is 66.6 Å². The number of nitrogens with zero attached hydrogens (tertiary/aromatic N) is 4. The third kappa shape index (κ3) is 5.59. The van der Waals surface area contributed by atoms with Gasteiger partial charge in [-0.15, -0.1) is 0 Å². The van der Waals surface area contributed by atoms with Crippen molar-refractivity contribution in [2.75, 3.05) is 47.1 Å². The Kier molecular flexibility index (Phi) is 7.65. The zero-order valence-electron chi connectivity index (χ0n) is 23.8. The predicted molar refractivity (Wildman–Crippen MR) is 171 cm³/mol. The molecule has 2 aromatic carbocycles. The number of hydrogen-bond donors (Lipinski definition) is 2. The van der Waals surface area contributed by atoms with Crippen molar-refractivity contribution in [1.82, 2.24) is 14.9 Å². The van der Waals surface area contributed by atoms with Crippen LogP contribution in [0.15, 0.2) is 79.0 Å². The molecule has 2 N–H and O–H groups in total. The largest absolute Gasteiger partial charge is 0.378 e. The van der Waals surface area contributed by atoms with Gasteiger partial charge >= 0.3 is 0 Å². The quantitative estimate of drug-likeness (QED) is 0.290. The molecule has 4 aromatic rings. The van der Waals surface area contributed by atoms with Gasteiger partial charge in [-0.1, -0.05) is 6.07 Å². The van der Waals surface area contributed by atoms with Gasteiger partial charge in [0.05, 0.1) is 37.2 Å². The fraction of sp³-hybridized carbons (Fsp3) is 0.290. The molecule has 6 rings (SSSR count). The van der Waals surface area contributed by atoms with E-state index in [1.807, 2.05) is 30.3 Å². The second-order valence-corrected chi connectivity index (χ2v) is 12.8. The molecule has 2 saturated heterocycles. The molecular weight excluding hydrogens is 569 g/mol. The van der Waals surface area contributed by atoms with Crippen LogP contribution in [0.3, 0.4) is 0 Å². The van der Waals surface area contributed by atoms with Crippen molar-refractivity contribution >= 4 is 44.4 Å². The first-order valence-corrected chi connectivity index (χ1v) is 16.2. The zero-order valence-corrected chi connectivity index (χ0v) is 25.5. The minimum atomic E-state index is -3.38. The van der Waals surface area contributed by atoms with Gasteiger partial charge < -0.3 is 24.4 Å². The molecule has 42 heavy (non-hydrogen) atoms. The molecule has 0 aliphatic carbocycles. The maximum Gasteiger partial charge on any atom is 0.229 e. The lowest BCUT2D eigenvalue weighted by atomic mass is 9.96. The molecule has 0 spiro atoms. The topological polar surface area (TPSA) is 91.7 Å².